The largest absolute Gasteiger partial charge is 0.393 e. The predicted molar refractivity (Wildman–Crippen MR) is 56.2 cm³/mol. The molecule has 0 aromatic carbocycles. The summed E-state index contributed by atoms with van der Waals surface area (Å²) in [5.41, 5.74) is 0.347. The van der Waals surface area contributed by atoms with E-state index in [0.717, 1.165) is 19.4 Å². The summed E-state index contributed by atoms with van der Waals surface area (Å²) in [7, 11) is 0. The van der Waals surface area contributed by atoms with Crippen LogP contribution in [0.25, 0.3) is 0 Å². The van der Waals surface area contributed by atoms with Crippen LogP contribution in [0.1, 0.15) is 51.9 Å². The van der Waals surface area contributed by atoms with Crippen molar-refractivity contribution in [3.8, 4) is 0 Å². The van der Waals surface area contributed by atoms with E-state index < -0.39 is 0 Å². The minimum Gasteiger partial charge on any atom is -0.393 e. The van der Waals surface area contributed by atoms with E-state index in [-0.39, 0.29) is 6.10 Å². The lowest BCUT2D eigenvalue weighted by atomic mass is 9.70. The normalized spacial score (nSPS) is 38.1. The smallest absolute Gasteiger partial charge is 0.0653 e. The van der Waals surface area contributed by atoms with Crippen molar-refractivity contribution in [2.75, 3.05) is 6.61 Å². The molecule has 0 unspecified atom stereocenters. The van der Waals surface area contributed by atoms with E-state index in [1.807, 2.05) is 0 Å². The molecule has 0 amide bonds. The molecule has 2 heteroatoms. The highest BCUT2D eigenvalue weighted by Crippen LogP contribution is 2.42. The monoisotopic (exact) mass is 198 g/mol. The van der Waals surface area contributed by atoms with Crippen LogP contribution in [0.3, 0.4) is 0 Å². The van der Waals surface area contributed by atoms with Crippen molar-refractivity contribution in [3.63, 3.8) is 0 Å². The zero-order valence-electron chi connectivity index (χ0n) is 9.17. The predicted octanol–water partition coefficient (Wildman–Crippen LogP) is 2.50. The third-order valence-electron chi connectivity index (χ3n) is 4.03. The Bertz CT molecular complexity index is 185. The molecule has 2 nitrogen and oxygen atoms in total. The average Bonchev–Trinajstić information content (AvgIpc) is 2.19. The van der Waals surface area contributed by atoms with Gasteiger partial charge in [0, 0.05) is 13.0 Å². The third-order valence-corrected chi connectivity index (χ3v) is 4.03. The van der Waals surface area contributed by atoms with E-state index in [9.17, 15) is 5.11 Å². The topological polar surface area (TPSA) is 29.5 Å². The van der Waals surface area contributed by atoms with Gasteiger partial charge in [-0.15, -0.1) is 0 Å². The Morgan fingerprint density at radius 1 is 1.21 bits per heavy atom. The van der Waals surface area contributed by atoms with Gasteiger partial charge < -0.3 is 9.84 Å². The lowest BCUT2D eigenvalue weighted by molar-refractivity contribution is -0.110. The summed E-state index contributed by atoms with van der Waals surface area (Å²) in [6.07, 6.45) is 8.50. The van der Waals surface area contributed by atoms with Crippen LogP contribution in [-0.2, 0) is 4.74 Å². The highest BCUT2D eigenvalue weighted by molar-refractivity contribution is 4.89. The molecule has 1 saturated carbocycles. The molecule has 2 atom stereocenters. The lowest BCUT2D eigenvalue weighted by Crippen LogP contribution is -2.42. The van der Waals surface area contributed by atoms with Crippen LogP contribution in [0.4, 0.5) is 0 Å². The van der Waals surface area contributed by atoms with Crippen molar-refractivity contribution in [1.82, 2.24) is 0 Å². The number of aliphatic hydroxyl groups is 1. The van der Waals surface area contributed by atoms with Crippen molar-refractivity contribution in [3.05, 3.63) is 0 Å². The number of rotatable bonds is 1. The lowest BCUT2D eigenvalue weighted by Gasteiger charge is -2.43. The standard InChI is InChI=1S/C12H22O2/c1-12(6-3-2-4-7-12)11-9-10(13)5-8-14-11/h10-11,13H,2-9H2,1H3/t10-,11-/m1/s1. The first-order chi connectivity index (χ1) is 6.71. The average molecular weight is 198 g/mol. The Hall–Kier alpha value is -0.0800. The Balaban J connectivity index is 1.97. The second kappa shape index (κ2) is 4.19. The summed E-state index contributed by atoms with van der Waals surface area (Å²) in [5, 5.41) is 9.64. The fourth-order valence-corrected chi connectivity index (χ4v) is 2.95. The molecule has 2 rings (SSSR count). The van der Waals surface area contributed by atoms with Crippen LogP contribution >= 0.6 is 0 Å². The van der Waals surface area contributed by atoms with E-state index in [4.69, 9.17) is 4.74 Å². The van der Waals surface area contributed by atoms with Gasteiger partial charge in [0.25, 0.3) is 0 Å². The second-order valence-electron chi connectivity index (χ2n) is 5.25. The zero-order valence-corrected chi connectivity index (χ0v) is 9.17. The summed E-state index contributed by atoms with van der Waals surface area (Å²) in [4.78, 5) is 0. The summed E-state index contributed by atoms with van der Waals surface area (Å²) in [5.74, 6) is 0. The second-order valence-corrected chi connectivity index (χ2v) is 5.25. The minimum absolute atomic E-state index is 0.118. The molecule has 14 heavy (non-hydrogen) atoms. The molecule has 0 radical (unpaired) electrons. The van der Waals surface area contributed by atoms with Gasteiger partial charge in [-0.25, -0.2) is 0 Å². The van der Waals surface area contributed by atoms with Gasteiger partial charge in [-0.1, -0.05) is 26.2 Å². The van der Waals surface area contributed by atoms with E-state index >= 15 is 0 Å². The number of hydrogen-bond donors (Lipinski definition) is 1. The summed E-state index contributed by atoms with van der Waals surface area (Å²) in [6, 6.07) is 0. The van der Waals surface area contributed by atoms with Gasteiger partial charge in [0.05, 0.1) is 12.2 Å². The van der Waals surface area contributed by atoms with Gasteiger partial charge in [0.2, 0.25) is 0 Å². The van der Waals surface area contributed by atoms with E-state index in [1.54, 1.807) is 0 Å². The quantitative estimate of drug-likeness (QED) is 0.701. The molecule has 82 valence electrons. The number of hydrogen-bond acceptors (Lipinski definition) is 2. The molecule has 0 spiro atoms. The molecule has 1 saturated heterocycles. The molecule has 1 aliphatic heterocycles. The first-order valence-corrected chi connectivity index (χ1v) is 6.00. The van der Waals surface area contributed by atoms with Crippen molar-refractivity contribution < 1.29 is 9.84 Å². The maximum Gasteiger partial charge on any atom is 0.0653 e. The maximum absolute atomic E-state index is 9.64. The molecular formula is C12H22O2. The molecule has 0 bridgehead atoms. The molecule has 2 fully saturated rings. The van der Waals surface area contributed by atoms with E-state index in [0.29, 0.717) is 11.5 Å². The Morgan fingerprint density at radius 3 is 2.57 bits per heavy atom. The van der Waals surface area contributed by atoms with Gasteiger partial charge in [-0.2, -0.15) is 0 Å². The SMILES string of the molecule is CC1([C@H]2C[C@H](O)CCO2)CCCCC1. The first-order valence-electron chi connectivity index (χ1n) is 6.00. The summed E-state index contributed by atoms with van der Waals surface area (Å²) in [6.45, 7) is 3.09. The molecule has 2 aliphatic rings. The Labute approximate surface area is 86.6 Å². The number of aliphatic hydroxyl groups excluding tert-OH is 1. The summed E-state index contributed by atoms with van der Waals surface area (Å²) >= 11 is 0. The molecule has 1 N–H and O–H groups in total. The van der Waals surface area contributed by atoms with Gasteiger partial charge in [0.1, 0.15) is 0 Å². The Morgan fingerprint density at radius 2 is 1.93 bits per heavy atom. The molecule has 1 aliphatic carbocycles. The highest BCUT2D eigenvalue weighted by Gasteiger charge is 2.38. The first kappa shape index (κ1) is 10.4. The van der Waals surface area contributed by atoms with Crippen molar-refractivity contribution in [2.24, 2.45) is 5.41 Å². The van der Waals surface area contributed by atoms with Crippen molar-refractivity contribution >= 4 is 0 Å². The minimum atomic E-state index is -0.118. The van der Waals surface area contributed by atoms with E-state index in [1.165, 1.54) is 32.1 Å². The molecule has 1 heterocycles. The van der Waals surface area contributed by atoms with Gasteiger partial charge >= 0.3 is 0 Å². The Kier molecular flexibility index (Phi) is 3.13. The maximum atomic E-state index is 9.64. The van der Waals surface area contributed by atoms with Gasteiger partial charge in [-0.3, -0.25) is 0 Å². The van der Waals surface area contributed by atoms with Gasteiger partial charge in [-0.05, 0) is 24.7 Å². The number of ether oxygens (including phenoxy) is 1. The summed E-state index contributed by atoms with van der Waals surface area (Å²) < 4.78 is 5.83. The molecule has 0 aromatic rings. The highest BCUT2D eigenvalue weighted by atomic mass is 16.5. The van der Waals surface area contributed by atoms with Crippen LogP contribution in [0.5, 0.6) is 0 Å². The van der Waals surface area contributed by atoms with Gasteiger partial charge in [0.15, 0.2) is 0 Å². The van der Waals surface area contributed by atoms with Crippen LogP contribution in [0, 0.1) is 5.41 Å². The van der Waals surface area contributed by atoms with E-state index in [2.05, 4.69) is 6.92 Å². The van der Waals surface area contributed by atoms with Crippen LogP contribution in [-0.4, -0.2) is 23.9 Å². The van der Waals surface area contributed by atoms with Crippen LogP contribution in [0.15, 0.2) is 0 Å². The zero-order chi connectivity index (χ0) is 10.0. The molecular weight excluding hydrogens is 176 g/mol. The van der Waals surface area contributed by atoms with Crippen molar-refractivity contribution in [2.45, 2.75) is 64.1 Å². The molecule has 0 aromatic heterocycles. The fraction of sp³-hybridized carbons (Fsp3) is 1.00. The van der Waals surface area contributed by atoms with Crippen LogP contribution in [0.2, 0.25) is 0 Å². The van der Waals surface area contributed by atoms with Crippen LogP contribution < -0.4 is 0 Å². The van der Waals surface area contributed by atoms with Crippen molar-refractivity contribution in [1.29, 1.82) is 0 Å². The fourth-order valence-electron chi connectivity index (χ4n) is 2.95. The third kappa shape index (κ3) is 2.12.